The second kappa shape index (κ2) is 10.8. The number of pyridine rings is 1. The molecule has 0 bridgehead atoms. The SMILES string of the molecule is CC[C@@](Cc1ccc(Nc2nc(C(F)(F)F)cc3ccccc23)cc1)(Nc1c(N2[C@H](C)CC[C@@H]2C)c(=O)c1=O)C(=O)O. The number of carboxylic acid groups (broad SMARTS) is 1. The fourth-order valence-electron chi connectivity index (χ4n) is 5.79. The van der Waals surface area contributed by atoms with Gasteiger partial charge in [-0.25, -0.2) is 9.78 Å². The van der Waals surface area contributed by atoms with Crippen molar-refractivity contribution < 1.29 is 23.1 Å². The van der Waals surface area contributed by atoms with Crippen molar-refractivity contribution in [2.24, 2.45) is 0 Å². The summed E-state index contributed by atoms with van der Waals surface area (Å²) in [6.45, 7) is 5.64. The molecule has 3 N–H and O–H groups in total. The van der Waals surface area contributed by atoms with E-state index in [0.29, 0.717) is 22.0 Å². The number of aromatic nitrogens is 1. The molecule has 0 saturated carbocycles. The Bertz CT molecular complexity index is 1700. The maximum absolute atomic E-state index is 13.5. The summed E-state index contributed by atoms with van der Waals surface area (Å²) >= 11 is 0. The van der Waals surface area contributed by atoms with Crippen LogP contribution in [-0.2, 0) is 17.4 Å². The lowest BCUT2D eigenvalue weighted by Crippen LogP contribution is -2.53. The number of hydrogen-bond donors (Lipinski definition) is 3. The molecule has 1 aromatic heterocycles. The van der Waals surface area contributed by atoms with Crippen molar-refractivity contribution in [3.8, 4) is 0 Å². The van der Waals surface area contributed by atoms with Crippen molar-refractivity contribution in [3.05, 3.63) is 86.3 Å². The molecule has 0 amide bonds. The number of benzene rings is 2. The van der Waals surface area contributed by atoms with Crippen LogP contribution < -0.4 is 26.4 Å². The van der Waals surface area contributed by atoms with E-state index in [1.165, 1.54) is 0 Å². The van der Waals surface area contributed by atoms with Crippen LogP contribution in [0.25, 0.3) is 10.8 Å². The van der Waals surface area contributed by atoms with Crippen LogP contribution in [0.3, 0.4) is 0 Å². The second-order valence-electron chi connectivity index (χ2n) is 11.0. The first kappa shape index (κ1) is 29.1. The van der Waals surface area contributed by atoms with Crippen LogP contribution in [0.15, 0.2) is 64.2 Å². The lowest BCUT2D eigenvalue weighted by molar-refractivity contribution is -0.142. The Balaban J connectivity index is 1.41. The van der Waals surface area contributed by atoms with Gasteiger partial charge in [-0.05, 0) is 62.3 Å². The van der Waals surface area contributed by atoms with E-state index in [1.54, 1.807) is 55.5 Å². The fourth-order valence-corrected chi connectivity index (χ4v) is 5.79. The predicted octanol–water partition coefficient (Wildman–Crippen LogP) is 5.86. The van der Waals surface area contributed by atoms with Crippen molar-refractivity contribution in [2.45, 2.75) is 70.3 Å². The third kappa shape index (κ3) is 5.19. The predicted molar refractivity (Wildman–Crippen MR) is 156 cm³/mol. The molecule has 11 heteroatoms. The number of halogens is 3. The first-order chi connectivity index (χ1) is 19.8. The van der Waals surface area contributed by atoms with E-state index in [4.69, 9.17) is 0 Å². The summed E-state index contributed by atoms with van der Waals surface area (Å²) in [5.41, 5.74) is -2.57. The molecule has 0 radical (unpaired) electrons. The number of carboxylic acids is 1. The van der Waals surface area contributed by atoms with Crippen LogP contribution in [0.4, 0.5) is 36.1 Å². The molecule has 1 fully saturated rings. The van der Waals surface area contributed by atoms with E-state index in [-0.39, 0.29) is 42.1 Å². The highest BCUT2D eigenvalue weighted by atomic mass is 19.4. The third-order valence-electron chi connectivity index (χ3n) is 8.23. The maximum Gasteiger partial charge on any atom is 0.433 e. The molecule has 1 aliphatic rings. The number of nitrogens with one attached hydrogen (secondary N) is 2. The highest BCUT2D eigenvalue weighted by molar-refractivity contribution is 5.93. The summed E-state index contributed by atoms with van der Waals surface area (Å²) in [6.07, 6.45) is -2.78. The minimum absolute atomic E-state index is 0.00674. The molecule has 0 unspecified atom stereocenters. The van der Waals surface area contributed by atoms with Gasteiger partial charge in [0.25, 0.3) is 10.9 Å². The number of anilines is 4. The van der Waals surface area contributed by atoms with Crippen LogP contribution in [-0.4, -0.2) is 33.7 Å². The van der Waals surface area contributed by atoms with Gasteiger partial charge in [0.15, 0.2) is 0 Å². The van der Waals surface area contributed by atoms with Crippen molar-refractivity contribution in [3.63, 3.8) is 0 Å². The van der Waals surface area contributed by atoms with E-state index >= 15 is 0 Å². The topological polar surface area (TPSA) is 112 Å². The Morgan fingerprint density at radius 3 is 2.26 bits per heavy atom. The van der Waals surface area contributed by atoms with E-state index in [1.807, 2.05) is 18.7 Å². The zero-order chi connectivity index (χ0) is 30.4. The molecule has 0 spiro atoms. The smallest absolute Gasteiger partial charge is 0.433 e. The average Bonchev–Trinajstić information content (AvgIpc) is 3.29. The van der Waals surface area contributed by atoms with Gasteiger partial charge in [0.05, 0.1) is 0 Å². The van der Waals surface area contributed by atoms with Crippen molar-refractivity contribution >= 4 is 39.6 Å². The molecular formula is C31H31F3N4O4. The van der Waals surface area contributed by atoms with Crippen LogP contribution >= 0.6 is 0 Å². The summed E-state index contributed by atoms with van der Waals surface area (Å²) in [5.74, 6) is -1.13. The lowest BCUT2D eigenvalue weighted by atomic mass is 9.87. The minimum Gasteiger partial charge on any atom is -0.479 e. The number of carbonyl (C=O) groups is 1. The van der Waals surface area contributed by atoms with Gasteiger partial charge in [0, 0.05) is 29.6 Å². The van der Waals surface area contributed by atoms with Gasteiger partial charge < -0.3 is 20.6 Å². The van der Waals surface area contributed by atoms with Gasteiger partial charge in [0.1, 0.15) is 28.4 Å². The molecular weight excluding hydrogens is 549 g/mol. The molecule has 4 aromatic rings. The Morgan fingerprint density at radius 2 is 1.67 bits per heavy atom. The number of nitrogens with zero attached hydrogens (tertiary/aromatic N) is 2. The van der Waals surface area contributed by atoms with Gasteiger partial charge in [-0.15, -0.1) is 0 Å². The molecule has 42 heavy (non-hydrogen) atoms. The first-order valence-corrected chi connectivity index (χ1v) is 13.8. The summed E-state index contributed by atoms with van der Waals surface area (Å²) in [5, 5.41) is 17.1. The first-order valence-electron chi connectivity index (χ1n) is 13.8. The van der Waals surface area contributed by atoms with E-state index in [2.05, 4.69) is 15.6 Å². The van der Waals surface area contributed by atoms with Crippen molar-refractivity contribution in [2.75, 3.05) is 15.5 Å². The second-order valence-corrected chi connectivity index (χ2v) is 11.0. The van der Waals surface area contributed by atoms with E-state index < -0.39 is 34.2 Å². The Kier molecular flexibility index (Phi) is 7.46. The largest absolute Gasteiger partial charge is 0.479 e. The molecule has 0 aliphatic carbocycles. The standard InChI is InChI=1S/C31H31F3N4O4/c1-4-30(29(41)42,37-24-25(27(40)26(24)39)38-17(2)9-10-18(38)3)16-19-11-13-21(14-12-19)35-28-22-8-6-5-7-20(22)15-23(36-28)31(32,33)34/h5-8,11-15,17-18,37H,4,9-10,16H2,1-3H3,(H,35,36)(H,41,42)/t17-,18+,30-/m0/s1. The highest BCUT2D eigenvalue weighted by Crippen LogP contribution is 2.36. The van der Waals surface area contributed by atoms with E-state index in [0.717, 1.165) is 18.9 Å². The number of aliphatic carboxylic acids is 1. The Morgan fingerprint density at radius 1 is 1.02 bits per heavy atom. The van der Waals surface area contributed by atoms with E-state index in [9.17, 15) is 32.7 Å². The molecule has 220 valence electrons. The molecule has 3 atom stereocenters. The number of fused-ring (bicyclic) bond motifs is 1. The molecule has 2 heterocycles. The van der Waals surface area contributed by atoms with Gasteiger partial charge >= 0.3 is 12.1 Å². The highest BCUT2D eigenvalue weighted by Gasteiger charge is 2.42. The molecule has 8 nitrogen and oxygen atoms in total. The molecule has 5 rings (SSSR count). The number of alkyl halides is 3. The van der Waals surface area contributed by atoms with Gasteiger partial charge in [-0.1, -0.05) is 43.3 Å². The maximum atomic E-state index is 13.5. The number of hydrogen-bond acceptors (Lipinski definition) is 7. The quantitative estimate of drug-likeness (QED) is 0.211. The van der Waals surface area contributed by atoms with Crippen LogP contribution in [0.5, 0.6) is 0 Å². The molecule has 1 saturated heterocycles. The monoisotopic (exact) mass is 580 g/mol. The zero-order valence-corrected chi connectivity index (χ0v) is 23.4. The Labute approximate surface area is 239 Å². The van der Waals surface area contributed by atoms with Gasteiger partial charge in [-0.3, -0.25) is 9.59 Å². The molecule has 1 aliphatic heterocycles. The minimum atomic E-state index is -4.62. The summed E-state index contributed by atoms with van der Waals surface area (Å²) in [6, 6.07) is 14.3. The summed E-state index contributed by atoms with van der Waals surface area (Å²) < 4.78 is 40.4. The number of rotatable bonds is 9. The zero-order valence-electron chi connectivity index (χ0n) is 23.4. The lowest BCUT2D eigenvalue weighted by Gasteiger charge is -2.36. The summed E-state index contributed by atoms with van der Waals surface area (Å²) in [4.78, 5) is 43.5. The normalized spacial score (nSPS) is 18.8. The fraction of sp³-hybridized carbons (Fsp3) is 0.355. The van der Waals surface area contributed by atoms with Crippen LogP contribution in [0.2, 0.25) is 0 Å². The van der Waals surface area contributed by atoms with Gasteiger partial charge in [-0.2, -0.15) is 13.2 Å². The Hall–Kier alpha value is -4.41. The molecule has 3 aromatic carbocycles. The van der Waals surface area contributed by atoms with Crippen LogP contribution in [0, 0.1) is 0 Å². The van der Waals surface area contributed by atoms with Crippen molar-refractivity contribution in [1.82, 2.24) is 4.98 Å². The third-order valence-corrected chi connectivity index (χ3v) is 8.23. The average molecular weight is 581 g/mol. The van der Waals surface area contributed by atoms with Gasteiger partial charge in [0.2, 0.25) is 0 Å². The van der Waals surface area contributed by atoms with Crippen LogP contribution in [0.1, 0.15) is 51.3 Å². The summed E-state index contributed by atoms with van der Waals surface area (Å²) in [7, 11) is 0. The van der Waals surface area contributed by atoms with Crippen molar-refractivity contribution in [1.29, 1.82) is 0 Å².